The van der Waals surface area contributed by atoms with Gasteiger partial charge in [-0.1, -0.05) is 13.3 Å². The van der Waals surface area contributed by atoms with Crippen LogP contribution in [0.3, 0.4) is 0 Å². The van der Waals surface area contributed by atoms with Crippen molar-refractivity contribution in [2.45, 2.75) is 33.1 Å². The zero-order valence-corrected chi connectivity index (χ0v) is 11.1. The zero-order valence-electron chi connectivity index (χ0n) is 11.1. The van der Waals surface area contributed by atoms with Gasteiger partial charge in [0.05, 0.1) is 0 Å². The van der Waals surface area contributed by atoms with Gasteiger partial charge < -0.3 is 10.6 Å². The Bertz CT molecular complexity index is 443. The van der Waals surface area contributed by atoms with E-state index in [-0.39, 0.29) is 5.84 Å². The number of anilines is 1. The molecule has 1 saturated heterocycles. The Morgan fingerprint density at radius 2 is 2.33 bits per heavy atom. The molecule has 1 fully saturated rings. The Morgan fingerprint density at radius 1 is 1.56 bits per heavy atom. The van der Waals surface area contributed by atoms with Crippen LogP contribution in [0, 0.1) is 18.3 Å². The van der Waals surface area contributed by atoms with Crippen molar-refractivity contribution < 1.29 is 0 Å². The first-order valence-corrected chi connectivity index (χ1v) is 6.55. The number of nitrogens with zero attached hydrogens (tertiary/aromatic N) is 3. The average Bonchev–Trinajstić information content (AvgIpc) is 2.77. The van der Waals surface area contributed by atoms with Crippen molar-refractivity contribution >= 4 is 11.8 Å². The summed E-state index contributed by atoms with van der Waals surface area (Å²) in [6.45, 7) is 6.16. The molecule has 2 heterocycles. The first-order valence-electron chi connectivity index (χ1n) is 6.55. The van der Waals surface area contributed by atoms with Gasteiger partial charge in [-0.2, -0.15) is 0 Å². The molecular formula is C13H21N5. The first kappa shape index (κ1) is 12.8. The number of nitrogens with two attached hydrogens (primary N) is 1. The SMILES string of the molecule is CCCC1CCN(c2nc(C)cc(C(=N)N)n2)C1. The minimum absolute atomic E-state index is 0.00561. The Morgan fingerprint density at radius 3 is 3.00 bits per heavy atom. The highest BCUT2D eigenvalue weighted by atomic mass is 15.3. The molecule has 1 aliphatic rings. The molecule has 0 radical (unpaired) electrons. The van der Waals surface area contributed by atoms with E-state index in [1.807, 2.05) is 6.92 Å². The molecule has 0 amide bonds. The third kappa shape index (κ3) is 2.78. The lowest BCUT2D eigenvalue weighted by molar-refractivity contribution is 0.529. The fourth-order valence-electron chi connectivity index (χ4n) is 2.49. The smallest absolute Gasteiger partial charge is 0.226 e. The summed E-state index contributed by atoms with van der Waals surface area (Å²) >= 11 is 0. The van der Waals surface area contributed by atoms with Gasteiger partial charge in [0.15, 0.2) is 0 Å². The number of amidine groups is 1. The van der Waals surface area contributed by atoms with Gasteiger partial charge in [0.1, 0.15) is 11.5 Å². The molecule has 5 nitrogen and oxygen atoms in total. The van der Waals surface area contributed by atoms with Gasteiger partial charge in [0.2, 0.25) is 5.95 Å². The van der Waals surface area contributed by atoms with Crippen molar-refractivity contribution in [3.8, 4) is 0 Å². The largest absolute Gasteiger partial charge is 0.382 e. The molecule has 5 heteroatoms. The monoisotopic (exact) mass is 247 g/mol. The number of hydrogen-bond acceptors (Lipinski definition) is 4. The second-order valence-electron chi connectivity index (χ2n) is 5.00. The van der Waals surface area contributed by atoms with Crippen LogP contribution in [0.1, 0.15) is 37.6 Å². The van der Waals surface area contributed by atoms with Crippen molar-refractivity contribution in [3.05, 3.63) is 17.5 Å². The van der Waals surface area contributed by atoms with Gasteiger partial charge in [0.25, 0.3) is 0 Å². The van der Waals surface area contributed by atoms with Crippen LogP contribution in [0.4, 0.5) is 5.95 Å². The third-order valence-corrected chi connectivity index (χ3v) is 3.38. The maximum atomic E-state index is 7.47. The number of aryl methyl sites for hydroxylation is 1. The topological polar surface area (TPSA) is 78.9 Å². The normalized spacial score (nSPS) is 19.2. The number of nitrogen functional groups attached to an aromatic ring is 1. The van der Waals surface area contributed by atoms with Crippen LogP contribution in [-0.2, 0) is 0 Å². The second kappa shape index (κ2) is 5.33. The summed E-state index contributed by atoms with van der Waals surface area (Å²) < 4.78 is 0. The Kier molecular flexibility index (Phi) is 3.79. The molecule has 18 heavy (non-hydrogen) atoms. The highest BCUT2D eigenvalue weighted by molar-refractivity contribution is 5.93. The molecule has 1 aromatic rings. The minimum Gasteiger partial charge on any atom is -0.382 e. The maximum absolute atomic E-state index is 7.47. The summed E-state index contributed by atoms with van der Waals surface area (Å²) in [7, 11) is 0. The van der Waals surface area contributed by atoms with Crippen molar-refractivity contribution in [2.24, 2.45) is 11.7 Å². The summed E-state index contributed by atoms with van der Waals surface area (Å²) in [5.74, 6) is 1.48. The number of hydrogen-bond donors (Lipinski definition) is 2. The highest BCUT2D eigenvalue weighted by Gasteiger charge is 2.24. The third-order valence-electron chi connectivity index (χ3n) is 3.38. The Hall–Kier alpha value is -1.65. The summed E-state index contributed by atoms with van der Waals surface area (Å²) in [6.07, 6.45) is 3.70. The van der Waals surface area contributed by atoms with E-state index in [4.69, 9.17) is 11.1 Å². The maximum Gasteiger partial charge on any atom is 0.226 e. The lowest BCUT2D eigenvalue weighted by atomic mass is 10.0. The second-order valence-corrected chi connectivity index (χ2v) is 5.00. The predicted octanol–water partition coefficient (Wildman–Crippen LogP) is 1.70. The fourth-order valence-corrected chi connectivity index (χ4v) is 2.49. The van der Waals surface area contributed by atoms with Crippen LogP contribution >= 0.6 is 0 Å². The van der Waals surface area contributed by atoms with Crippen molar-refractivity contribution in [3.63, 3.8) is 0 Å². The van der Waals surface area contributed by atoms with E-state index < -0.39 is 0 Å². The van der Waals surface area contributed by atoms with Crippen molar-refractivity contribution in [1.82, 2.24) is 9.97 Å². The molecule has 1 atom stereocenters. The molecule has 1 unspecified atom stereocenters. The Balaban J connectivity index is 2.16. The van der Waals surface area contributed by atoms with E-state index in [2.05, 4.69) is 21.8 Å². The fraction of sp³-hybridized carbons (Fsp3) is 0.615. The van der Waals surface area contributed by atoms with Crippen molar-refractivity contribution in [2.75, 3.05) is 18.0 Å². The van der Waals surface area contributed by atoms with E-state index in [0.717, 1.165) is 30.6 Å². The molecule has 2 rings (SSSR count). The molecule has 0 aromatic carbocycles. The van der Waals surface area contributed by atoms with Crippen LogP contribution in [0.2, 0.25) is 0 Å². The van der Waals surface area contributed by atoms with Crippen LogP contribution < -0.4 is 10.6 Å². The molecule has 0 saturated carbocycles. The molecule has 0 bridgehead atoms. The van der Waals surface area contributed by atoms with E-state index in [1.165, 1.54) is 19.3 Å². The predicted molar refractivity (Wildman–Crippen MR) is 73.0 cm³/mol. The van der Waals surface area contributed by atoms with Crippen LogP contribution in [0.25, 0.3) is 0 Å². The average molecular weight is 247 g/mol. The molecular weight excluding hydrogens is 226 g/mol. The van der Waals surface area contributed by atoms with Crippen LogP contribution in [0.15, 0.2) is 6.07 Å². The van der Waals surface area contributed by atoms with Gasteiger partial charge >= 0.3 is 0 Å². The number of nitrogens with one attached hydrogen (secondary N) is 1. The minimum atomic E-state index is 0.00561. The molecule has 0 spiro atoms. The molecule has 1 aliphatic heterocycles. The first-order chi connectivity index (χ1) is 8.60. The van der Waals surface area contributed by atoms with E-state index in [0.29, 0.717) is 5.69 Å². The molecule has 3 N–H and O–H groups in total. The summed E-state index contributed by atoms with van der Waals surface area (Å²) in [4.78, 5) is 11.0. The van der Waals surface area contributed by atoms with Crippen molar-refractivity contribution in [1.29, 1.82) is 5.41 Å². The van der Waals surface area contributed by atoms with Gasteiger partial charge in [-0.25, -0.2) is 9.97 Å². The molecule has 1 aromatic heterocycles. The lowest BCUT2D eigenvalue weighted by Crippen LogP contribution is -2.24. The highest BCUT2D eigenvalue weighted by Crippen LogP contribution is 2.24. The standard InChI is InChI=1S/C13H21N5/c1-3-4-10-5-6-18(8-10)13-16-9(2)7-11(17-13)12(14)15/h7,10H,3-6,8H2,1-2H3,(H3,14,15). The zero-order chi connectivity index (χ0) is 13.1. The van der Waals surface area contributed by atoms with E-state index in [1.54, 1.807) is 6.07 Å². The molecule has 98 valence electrons. The summed E-state index contributed by atoms with van der Waals surface area (Å²) in [5.41, 5.74) is 6.89. The summed E-state index contributed by atoms with van der Waals surface area (Å²) in [5, 5.41) is 7.47. The number of aromatic nitrogens is 2. The van der Waals surface area contributed by atoms with Gasteiger partial charge in [-0.15, -0.1) is 0 Å². The summed E-state index contributed by atoms with van der Waals surface area (Å²) in [6, 6.07) is 1.76. The van der Waals surface area contributed by atoms with Crippen LogP contribution in [0.5, 0.6) is 0 Å². The quantitative estimate of drug-likeness (QED) is 0.627. The lowest BCUT2D eigenvalue weighted by Gasteiger charge is -2.17. The van der Waals surface area contributed by atoms with Gasteiger partial charge in [0, 0.05) is 18.8 Å². The molecule has 0 aliphatic carbocycles. The van der Waals surface area contributed by atoms with Gasteiger partial charge in [-0.3, -0.25) is 5.41 Å². The van der Waals surface area contributed by atoms with E-state index in [9.17, 15) is 0 Å². The Labute approximate surface area is 108 Å². The number of rotatable bonds is 4. The van der Waals surface area contributed by atoms with Gasteiger partial charge in [-0.05, 0) is 31.7 Å². The van der Waals surface area contributed by atoms with Crippen LogP contribution in [-0.4, -0.2) is 28.9 Å². The van der Waals surface area contributed by atoms with E-state index >= 15 is 0 Å².